The van der Waals surface area contributed by atoms with Crippen molar-refractivity contribution in [3.8, 4) is 5.75 Å². The Labute approximate surface area is 109 Å². The smallest absolute Gasteiger partial charge is 0.119 e. The second kappa shape index (κ2) is 4.20. The number of benzene rings is 1. The molecule has 0 aliphatic heterocycles. The van der Waals surface area contributed by atoms with Gasteiger partial charge in [0.05, 0.1) is 0 Å². The van der Waals surface area contributed by atoms with Gasteiger partial charge in [0.15, 0.2) is 0 Å². The summed E-state index contributed by atoms with van der Waals surface area (Å²) in [4.78, 5) is 0. The second-order valence-electron chi connectivity index (χ2n) is 5.77. The van der Waals surface area contributed by atoms with Crippen molar-refractivity contribution in [1.29, 1.82) is 0 Å². The molecule has 0 heterocycles. The lowest BCUT2D eigenvalue weighted by atomic mass is 9.65. The van der Waals surface area contributed by atoms with E-state index >= 15 is 0 Å². The van der Waals surface area contributed by atoms with Crippen LogP contribution in [0.1, 0.15) is 45.2 Å². The molecule has 2 heteroatoms. The van der Waals surface area contributed by atoms with Crippen molar-refractivity contribution in [1.82, 2.24) is 0 Å². The Balaban J connectivity index is 2.69. The van der Waals surface area contributed by atoms with E-state index in [1.165, 1.54) is 0 Å². The largest absolute Gasteiger partial charge is 0.508 e. The molecule has 0 amide bonds. The van der Waals surface area contributed by atoms with Crippen molar-refractivity contribution in [3.05, 3.63) is 28.3 Å². The van der Waals surface area contributed by atoms with E-state index in [1.807, 2.05) is 6.07 Å². The van der Waals surface area contributed by atoms with E-state index in [0.717, 1.165) is 29.0 Å². The Morgan fingerprint density at radius 2 is 1.76 bits per heavy atom. The van der Waals surface area contributed by atoms with Crippen molar-refractivity contribution in [2.24, 2.45) is 11.8 Å². The van der Waals surface area contributed by atoms with Crippen LogP contribution in [0.4, 0.5) is 0 Å². The number of phenolic OH excluding ortho intramolecular Hbond substituents is 1. The molecule has 0 saturated carbocycles. The monoisotopic (exact) mass is 252 g/mol. The van der Waals surface area contributed by atoms with Gasteiger partial charge in [0.2, 0.25) is 0 Å². The van der Waals surface area contributed by atoms with E-state index in [0.29, 0.717) is 17.6 Å². The maximum atomic E-state index is 10.2. The third-order valence-electron chi connectivity index (χ3n) is 4.55. The highest BCUT2D eigenvalue weighted by Gasteiger charge is 2.46. The lowest BCUT2D eigenvalue weighted by Crippen LogP contribution is -2.35. The van der Waals surface area contributed by atoms with E-state index < -0.39 is 0 Å². The predicted molar refractivity (Wildman–Crippen MR) is 72.8 cm³/mol. The number of halogens is 1. The van der Waals surface area contributed by atoms with Crippen molar-refractivity contribution in [3.63, 3.8) is 0 Å². The summed E-state index contributed by atoms with van der Waals surface area (Å²) < 4.78 is 0. The van der Waals surface area contributed by atoms with E-state index in [2.05, 4.69) is 27.7 Å². The highest BCUT2D eigenvalue weighted by atomic mass is 35.5. The molecule has 1 aromatic rings. The maximum Gasteiger partial charge on any atom is 0.119 e. The molecule has 0 fully saturated rings. The van der Waals surface area contributed by atoms with Gasteiger partial charge in [-0.3, -0.25) is 0 Å². The van der Waals surface area contributed by atoms with Crippen molar-refractivity contribution >= 4 is 11.6 Å². The first kappa shape index (κ1) is 12.8. The molecule has 0 spiro atoms. The first-order chi connectivity index (χ1) is 7.91. The summed E-state index contributed by atoms with van der Waals surface area (Å²) in [5.41, 5.74) is 2.34. The van der Waals surface area contributed by atoms with Crippen LogP contribution in [-0.4, -0.2) is 5.11 Å². The van der Waals surface area contributed by atoms with Gasteiger partial charge >= 0.3 is 0 Å². The summed E-state index contributed by atoms with van der Waals surface area (Å²) >= 11 is 6.27. The van der Waals surface area contributed by atoms with Crippen LogP contribution >= 0.6 is 11.6 Å². The topological polar surface area (TPSA) is 20.2 Å². The van der Waals surface area contributed by atoms with Crippen LogP contribution in [0.15, 0.2) is 12.1 Å². The normalized spacial score (nSPS) is 17.8. The van der Waals surface area contributed by atoms with Crippen LogP contribution in [-0.2, 0) is 11.8 Å². The van der Waals surface area contributed by atoms with Crippen molar-refractivity contribution in [2.75, 3.05) is 0 Å². The SMILES string of the molecule is CC(C)C1(C(C)C)CCc2c(Cl)ccc(O)c21. The fourth-order valence-electron chi connectivity index (χ4n) is 3.65. The van der Waals surface area contributed by atoms with Gasteiger partial charge < -0.3 is 5.11 Å². The van der Waals surface area contributed by atoms with Crippen LogP contribution in [0.5, 0.6) is 5.75 Å². The first-order valence-corrected chi connectivity index (χ1v) is 6.80. The minimum atomic E-state index is 0.0737. The van der Waals surface area contributed by atoms with Gasteiger partial charge in [-0.2, -0.15) is 0 Å². The molecule has 0 unspecified atom stereocenters. The van der Waals surface area contributed by atoms with Crippen molar-refractivity contribution in [2.45, 2.75) is 46.0 Å². The summed E-state index contributed by atoms with van der Waals surface area (Å²) in [6, 6.07) is 3.55. The minimum absolute atomic E-state index is 0.0737. The molecule has 17 heavy (non-hydrogen) atoms. The van der Waals surface area contributed by atoms with Gasteiger partial charge in [0.25, 0.3) is 0 Å². The molecule has 0 bridgehead atoms. The van der Waals surface area contributed by atoms with Gasteiger partial charge in [-0.05, 0) is 42.4 Å². The molecule has 94 valence electrons. The first-order valence-electron chi connectivity index (χ1n) is 6.42. The number of hydrogen-bond acceptors (Lipinski definition) is 1. The van der Waals surface area contributed by atoms with Crippen LogP contribution in [0.2, 0.25) is 5.02 Å². The summed E-state index contributed by atoms with van der Waals surface area (Å²) in [5.74, 6) is 1.44. The van der Waals surface area contributed by atoms with E-state index in [-0.39, 0.29) is 5.41 Å². The number of rotatable bonds is 2. The van der Waals surface area contributed by atoms with E-state index in [1.54, 1.807) is 6.07 Å². The summed E-state index contributed by atoms with van der Waals surface area (Å²) in [7, 11) is 0. The highest BCUT2D eigenvalue weighted by molar-refractivity contribution is 6.31. The third-order valence-corrected chi connectivity index (χ3v) is 4.90. The maximum absolute atomic E-state index is 10.2. The molecule has 0 aromatic heterocycles. The van der Waals surface area contributed by atoms with Crippen molar-refractivity contribution < 1.29 is 5.11 Å². The molecule has 0 atom stereocenters. The molecule has 1 aromatic carbocycles. The van der Waals surface area contributed by atoms with Crippen LogP contribution in [0.3, 0.4) is 0 Å². The number of hydrogen-bond donors (Lipinski definition) is 1. The van der Waals surface area contributed by atoms with E-state index in [9.17, 15) is 5.11 Å². The Morgan fingerprint density at radius 1 is 1.18 bits per heavy atom. The zero-order valence-corrected chi connectivity index (χ0v) is 11.8. The quantitative estimate of drug-likeness (QED) is 0.819. The molecule has 1 nitrogen and oxygen atoms in total. The zero-order valence-electron chi connectivity index (χ0n) is 11.0. The summed E-state index contributed by atoms with van der Waals surface area (Å²) in [5, 5.41) is 11.0. The Morgan fingerprint density at radius 3 is 2.29 bits per heavy atom. The molecular formula is C15H21ClO. The molecule has 0 saturated heterocycles. The lowest BCUT2D eigenvalue weighted by molar-refractivity contribution is 0.212. The Bertz CT molecular complexity index is 427. The fourth-order valence-corrected chi connectivity index (χ4v) is 3.90. The fraction of sp³-hybridized carbons (Fsp3) is 0.600. The lowest BCUT2D eigenvalue weighted by Gasteiger charge is -2.39. The molecule has 1 N–H and O–H groups in total. The molecule has 2 rings (SSSR count). The summed E-state index contributed by atoms with van der Waals surface area (Å²) in [6.45, 7) is 8.98. The van der Waals surface area contributed by atoms with Gasteiger partial charge in [-0.25, -0.2) is 0 Å². The Hall–Kier alpha value is -0.690. The minimum Gasteiger partial charge on any atom is -0.508 e. The molecule has 1 aliphatic rings. The second-order valence-corrected chi connectivity index (χ2v) is 6.18. The van der Waals surface area contributed by atoms with Gasteiger partial charge in [0, 0.05) is 16.0 Å². The average molecular weight is 253 g/mol. The summed E-state index contributed by atoms with van der Waals surface area (Å²) in [6.07, 6.45) is 2.08. The van der Waals surface area contributed by atoms with Gasteiger partial charge in [-0.15, -0.1) is 0 Å². The molecular weight excluding hydrogens is 232 g/mol. The Kier molecular flexibility index (Phi) is 3.15. The standard InChI is InChI=1S/C15H21ClO/c1-9(2)15(10(3)4)8-7-11-12(16)5-6-13(17)14(11)15/h5-6,9-10,17H,7-8H2,1-4H3. The van der Waals surface area contributed by atoms with E-state index in [4.69, 9.17) is 11.6 Å². The van der Waals surface area contributed by atoms with Crippen LogP contribution < -0.4 is 0 Å². The average Bonchev–Trinajstić information content (AvgIpc) is 2.65. The predicted octanol–water partition coefficient (Wildman–Crippen LogP) is 4.54. The van der Waals surface area contributed by atoms with Crippen LogP contribution in [0, 0.1) is 11.8 Å². The highest BCUT2D eigenvalue weighted by Crippen LogP contribution is 2.54. The van der Waals surface area contributed by atoms with Gasteiger partial charge in [-0.1, -0.05) is 39.3 Å². The van der Waals surface area contributed by atoms with Gasteiger partial charge in [0.1, 0.15) is 5.75 Å². The molecule has 1 aliphatic carbocycles. The third kappa shape index (κ3) is 1.67. The molecule has 0 radical (unpaired) electrons. The number of phenols is 1. The zero-order chi connectivity index (χ0) is 12.8. The van der Waals surface area contributed by atoms with Crippen LogP contribution in [0.25, 0.3) is 0 Å². The number of fused-ring (bicyclic) bond motifs is 1. The number of aromatic hydroxyl groups is 1.